The van der Waals surface area contributed by atoms with E-state index in [9.17, 15) is 19.5 Å². The van der Waals surface area contributed by atoms with Gasteiger partial charge in [-0.25, -0.2) is 14.6 Å². The molecule has 4 amide bonds. The lowest BCUT2D eigenvalue weighted by molar-refractivity contribution is -0.126. The van der Waals surface area contributed by atoms with Gasteiger partial charge in [-0.05, 0) is 43.7 Å². The van der Waals surface area contributed by atoms with Crippen molar-refractivity contribution >= 4 is 40.7 Å². The maximum Gasteiger partial charge on any atom is 0.407 e. The summed E-state index contributed by atoms with van der Waals surface area (Å²) in [6, 6.07) is 17.3. The fourth-order valence-corrected chi connectivity index (χ4v) is 5.93. The summed E-state index contributed by atoms with van der Waals surface area (Å²) >= 11 is 2.84. The van der Waals surface area contributed by atoms with Crippen molar-refractivity contribution < 1.29 is 24.2 Å². The normalized spacial score (nSPS) is 13.5. The van der Waals surface area contributed by atoms with E-state index >= 15 is 0 Å². The number of nitrogens with one attached hydrogen (secondary N) is 3. The number of aliphatic hydroxyl groups is 1. The minimum Gasteiger partial charge on any atom is -0.444 e. The van der Waals surface area contributed by atoms with Crippen LogP contribution < -0.4 is 16.0 Å². The SMILES string of the molecule is CC(O)[C@H](NC(=O)N(C)Cc1cscn1)C(=O)N[C@H](CC[C@H](Cc1ccccc1)NC(=O)OCc1cncs1)Cc1ccccc1. The Balaban J connectivity index is 1.43. The summed E-state index contributed by atoms with van der Waals surface area (Å²) < 4.78 is 5.44. The van der Waals surface area contributed by atoms with E-state index in [2.05, 4.69) is 25.9 Å². The Morgan fingerprint density at radius 1 is 0.913 bits per heavy atom. The summed E-state index contributed by atoms with van der Waals surface area (Å²) in [6.45, 7) is 1.87. The number of hydrogen-bond donors (Lipinski definition) is 4. The highest BCUT2D eigenvalue weighted by Gasteiger charge is 2.29. The standard InChI is InChI=1S/C33H40N6O5S2/c1-23(40)30(38-32(42)39(2)18-28-20-45-22-35-28)31(41)36-26(15-24-9-5-3-6-10-24)13-14-27(16-25-11-7-4-8-12-25)37-33(43)44-19-29-17-34-21-46-29/h3-12,17,20-23,26-27,30,40H,13-16,18-19H2,1-2H3,(H,36,41)(H,37,43)(H,38,42)/t23?,26-,27-,30+/m1/s1. The Labute approximate surface area is 277 Å². The van der Waals surface area contributed by atoms with Crippen molar-refractivity contribution in [1.82, 2.24) is 30.8 Å². The zero-order valence-corrected chi connectivity index (χ0v) is 27.5. The average molecular weight is 665 g/mol. The lowest BCUT2D eigenvalue weighted by Gasteiger charge is -2.28. The van der Waals surface area contributed by atoms with Crippen LogP contribution in [0.25, 0.3) is 0 Å². The number of aromatic nitrogens is 2. The van der Waals surface area contributed by atoms with Crippen molar-refractivity contribution in [3.63, 3.8) is 0 Å². The number of aliphatic hydroxyl groups excluding tert-OH is 1. The molecule has 0 aliphatic heterocycles. The number of benzene rings is 2. The lowest BCUT2D eigenvalue weighted by atomic mass is 9.95. The van der Waals surface area contributed by atoms with Crippen molar-refractivity contribution in [2.45, 2.75) is 70.0 Å². The van der Waals surface area contributed by atoms with Crippen LogP contribution >= 0.6 is 22.7 Å². The van der Waals surface area contributed by atoms with E-state index in [1.807, 2.05) is 66.0 Å². The molecule has 0 saturated heterocycles. The van der Waals surface area contributed by atoms with Gasteiger partial charge in [-0.3, -0.25) is 9.78 Å². The summed E-state index contributed by atoms with van der Waals surface area (Å²) in [5, 5.41) is 21.1. The van der Waals surface area contributed by atoms with Crippen molar-refractivity contribution in [3.8, 4) is 0 Å². The summed E-state index contributed by atoms with van der Waals surface area (Å²) in [5.74, 6) is -0.497. The lowest BCUT2D eigenvalue weighted by Crippen LogP contribution is -2.56. The van der Waals surface area contributed by atoms with Crippen molar-refractivity contribution in [3.05, 3.63) is 105 Å². The van der Waals surface area contributed by atoms with Gasteiger partial charge in [0.1, 0.15) is 12.6 Å². The van der Waals surface area contributed by atoms with Crippen LogP contribution in [0.1, 0.15) is 41.5 Å². The van der Waals surface area contributed by atoms with Crippen LogP contribution in [-0.2, 0) is 35.5 Å². The van der Waals surface area contributed by atoms with Crippen LogP contribution in [0.3, 0.4) is 0 Å². The molecule has 2 aromatic heterocycles. The van der Waals surface area contributed by atoms with Crippen LogP contribution in [0.15, 0.2) is 83.3 Å². The molecule has 46 heavy (non-hydrogen) atoms. The summed E-state index contributed by atoms with van der Waals surface area (Å²) in [4.78, 5) is 49.7. The Morgan fingerprint density at radius 3 is 2.09 bits per heavy atom. The number of alkyl carbamates (subject to hydrolysis) is 1. The molecule has 0 fully saturated rings. The Hall–Kier alpha value is -4.33. The van der Waals surface area contributed by atoms with E-state index in [4.69, 9.17) is 4.74 Å². The molecule has 0 aliphatic rings. The molecule has 4 aromatic rings. The number of rotatable bonds is 16. The van der Waals surface area contributed by atoms with Crippen molar-refractivity contribution in [1.29, 1.82) is 0 Å². The zero-order chi connectivity index (χ0) is 32.7. The number of ether oxygens (including phenoxy) is 1. The number of hydrogen-bond acceptors (Lipinski definition) is 9. The van der Waals surface area contributed by atoms with Gasteiger partial charge < -0.3 is 30.7 Å². The van der Waals surface area contributed by atoms with Crippen LogP contribution in [0, 0.1) is 0 Å². The van der Waals surface area contributed by atoms with E-state index in [1.54, 1.807) is 24.3 Å². The predicted molar refractivity (Wildman–Crippen MR) is 178 cm³/mol. The Morgan fingerprint density at radius 2 is 1.54 bits per heavy atom. The van der Waals surface area contributed by atoms with Gasteiger partial charge in [0.15, 0.2) is 0 Å². The number of carbonyl (C=O) groups is 3. The summed E-state index contributed by atoms with van der Waals surface area (Å²) in [6.07, 6.45) is 2.12. The fourth-order valence-electron chi connectivity index (χ4n) is 4.88. The molecule has 2 aromatic carbocycles. The molecular formula is C33H40N6O5S2. The first-order chi connectivity index (χ1) is 22.3. The Kier molecular flexibility index (Phi) is 13.5. The molecule has 0 spiro atoms. The van der Waals surface area contributed by atoms with Gasteiger partial charge in [0, 0.05) is 30.7 Å². The van der Waals surface area contributed by atoms with E-state index in [0.29, 0.717) is 25.7 Å². The van der Waals surface area contributed by atoms with E-state index < -0.39 is 30.2 Å². The molecule has 4 rings (SSSR count). The number of thiazole rings is 2. The first-order valence-corrected chi connectivity index (χ1v) is 16.8. The quantitative estimate of drug-likeness (QED) is 0.138. The van der Waals surface area contributed by atoms with Crippen LogP contribution in [0.5, 0.6) is 0 Å². The molecule has 0 radical (unpaired) electrons. The van der Waals surface area contributed by atoms with Gasteiger partial charge in [0.05, 0.1) is 34.2 Å². The molecular weight excluding hydrogens is 625 g/mol. The smallest absolute Gasteiger partial charge is 0.407 e. The van der Waals surface area contributed by atoms with Gasteiger partial charge in [-0.1, -0.05) is 60.7 Å². The van der Waals surface area contributed by atoms with Gasteiger partial charge >= 0.3 is 12.1 Å². The highest BCUT2D eigenvalue weighted by molar-refractivity contribution is 7.09. The van der Waals surface area contributed by atoms with Gasteiger partial charge in [0.2, 0.25) is 5.91 Å². The second-order valence-electron chi connectivity index (χ2n) is 11.1. The maximum absolute atomic E-state index is 13.6. The van der Waals surface area contributed by atoms with E-state index in [1.165, 1.54) is 34.5 Å². The molecule has 1 unspecified atom stereocenters. The topological polar surface area (TPSA) is 146 Å². The number of nitrogens with zero attached hydrogens (tertiary/aromatic N) is 3. The predicted octanol–water partition coefficient (Wildman–Crippen LogP) is 4.54. The van der Waals surface area contributed by atoms with Gasteiger partial charge in [0.25, 0.3) is 0 Å². The van der Waals surface area contributed by atoms with E-state index in [-0.39, 0.29) is 25.2 Å². The molecule has 0 bridgehead atoms. The zero-order valence-electron chi connectivity index (χ0n) is 25.9. The molecule has 0 aliphatic carbocycles. The highest BCUT2D eigenvalue weighted by Crippen LogP contribution is 2.15. The van der Waals surface area contributed by atoms with Crippen LogP contribution in [0.2, 0.25) is 0 Å². The summed E-state index contributed by atoms with van der Waals surface area (Å²) in [5.41, 5.74) is 6.17. The summed E-state index contributed by atoms with van der Waals surface area (Å²) in [7, 11) is 1.60. The monoisotopic (exact) mass is 664 g/mol. The first-order valence-electron chi connectivity index (χ1n) is 15.0. The molecule has 13 heteroatoms. The van der Waals surface area contributed by atoms with Crippen LogP contribution in [-0.4, -0.2) is 69.3 Å². The molecule has 2 heterocycles. The Bertz CT molecular complexity index is 1470. The van der Waals surface area contributed by atoms with Crippen LogP contribution in [0.4, 0.5) is 9.59 Å². The third-order valence-electron chi connectivity index (χ3n) is 7.28. The van der Waals surface area contributed by atoms with Gasteiger partial charge in [-0.2, -0.15) is 0 Å². The second kappa shape index (κ2) is 18.0. The highest BCUT2D eigenvalue weighted by atomic mass is 32.1. The minimum absolute atomic E-state index is 0.132. The first kappa shape index (κ1) is 34.5. The molecule has 4 atom stereocenters. The third kappa shape index (κ3) is 11.5. The minimum atomic E-state index is -1.18. The van der Waals surface area contributed by atoms with Crippen molar-refractivity contribution in [2.75, 3.05) is 7.05 Å². The molecule has 4 N–H and O–H groups in total. The van der Waals surface area contributed by atoms with Crippen molar-refractivity contribution in [2.24, 2.45) is 0 Å². The molecule has 11 nitrogen and oxygen atoms in total. The molecule has 0 saturated carbocycles. The second-order valence-corrected chi connectivity index (χ2v) is 12.7. The number of amides is 4. The van der Waals surface area contributed by atoms with Gasteiger partial charge in [-0.15, -0.1) is 22.7 Å². The van der Waals surface area contributed by atoms with E-state index in [0.717, 1.165) is 21.7 Å². The average Bonchev–Trinajstić information content (AvgIpc) is 3.77. The largest absolute Gasteiger partial charge is 0.444 e. The number of carbonyl (C=O) groups excluding carboxylic acids is 3. The third-order valence-corrected chi connectivity index (χ3v) is 8.67. The number of urea groups is 1. The fraction of sp³-hybridized carbons (Fsp3) is 0.364. The maximum atomic E-state index is 13.6. The molecule has 244 valence electrons.